The first-order valence-electron chi connectivity index (χ1n) is 9.34. The predicted molar refractivity (Wildman–Crippen MR) is 115 cm³/mol. The third kappa shape index (κ3) is 5.46. The lowest BCUT2D eigenvalue weighted by Gasteiger charge is -2.29. The van der Waals surface area contributed by atoms with Gasteiger partial charge >= 0.3 is 0 Å². The summed E-state index contributed by atoms with van der Waals surface area (Å²) in [6, 6.07) is 4.01. The smallest absolute Gasteiger partial charge is 0.284 e. The Morgan fingerprint density at radius 3 is 2.77 bits per heavy atom. The maximum atomic E-state index is 12.9. The molecule has 13 heteroatoms. The number of piperidine rings is 1. The molecule has 0 radical (unpaired) electrons. The molecule has 1 aromatic heterocycles. The molecular weight excluding hydrogens is 450 g/mol. The summed E-state index contributed by atoms with van der Waals surface area (Å²) in [4.78, 5) is 11.3. The molecule has 0 bridgehead atoms. The van der Waals surface area contributed by atoms with Crippen LogP contribution in [0.4, 0.5) is 10.8 Å². The normalized spacial score (nSPS) is 15.9. The van der Waals surface area contributed by atoms with Crippen LogP contribution in [0.1, 0.15) is 19.8 Å². The predicted octanol–water partition coefficient (Wildman–Crippen LogP) is 3.08. The van der Waals surface area contributed by atoms with Crippen molar-refractivity contribution in [3.05, 3.63) is 28.3 Å². The van der Waals surface area contributed by atoms with Crippen LogP contribution in [0.3, 0.4) is 0 Å². The van der Waals surface area contributed by atoms with Crippen molar-refractivity contribution in [3.63, 3.8) is 0 Å². The molecule has 0 spiro atoms. The summed E-state index contributed by atoms with van der Waals surface area (Å²) in [5, 5.41) is 23.3. The van der Waals surface area contributed by atoms with Gasteiger partial charge in [0.05, 0.1) is 21.3 Å². The number of anilines is 1. The fourth-order valence-electron chi connectivity index (χ4n) is 2.94. The van der Waals surface area contributed by atoms with E-state index in [1.165, 1.54) is 27.8 Å². The lowest BCUT2D eigenvalue weighted by molar-refractivity contribution is -0.388. The van der Waals surface area contributed by atoms with Crippen LogP contribution in [-0.2, 0) is 14.8 Å². The second kappa shape index (κ2) is 10.0. The molecule has 2 aromatic rings. The van der Waals surface area contributed by atoms with Crippen molar-refractivity contribution in [1.29, 1.82) is 0 Å². The highest BCUT2D eigenvalue weighted by atomic mass is 32.2. The molecule has 1 saturated heterocycles. The van der Waals surface area contributed by atoms with E-state index in [0.717, 1.165) is 30.7 Å². The van der Waals surface area contributed by atoms with Gasteiger partial charge in [-0.25, -0.2) is 8.42 Å². The number of nitro benzene ring substituents is 1. The van der Waals surface area contributed by atoms with Gasteiger partial charge in [0, 0.05) is 32.8 Å². The summed E-state index contributed by atoms with van der Waals surface area (Å²) in [6.07, 6.45) is 1.57. The van der Waals surface area contributed by atoms with Crippen LogP contribution < -0.4 is 5.32 Å². The largest absolute Gasteiger partial charge is 0.383 e. The van der Waals surface area contributed by atoms with Crippen molar-refractivity contribution >= 4 is 43.9 Å². The number of hydrogen-bond acceptors (Lipinski definition) is 10. The van der Waals surface area contributed by atoms with Gasteiger partial charge in [-0.3, -0.25) is 10.1 Å². The number of sulfonamides is 1. The molecule has 1 aromatic carbocycles. The molecule has 1 N–H and O–H groups in total. The minimum Gasteiger partial charge on any atom is -0.383 e. The van der Waals surface area contributed by atoms with Crippen LogP contribution in [0, 0.1) is 16.0 Å². The number of nitro groups is 1. The molecule has 0 amide bonds. The van der Waals surface area contributed by atoms with Crippen molar-refractivity contribution in [2.45, 2.75) is 33.9 Å². The number of benzene rings is 1. The Bertz CT molecular complexity index is 989. The Labute approximate surface area is 183 Å². The van der Waals surface area contributed by atoms with Crippen molar-refractivity contribution < 1.29 is 18.1 Å². The summed E-state index contributed by atoms with van der Waals surface area (Å²) < 4.78 is 32.7. The molecule has 0 unspecified atom stereocenters. The Morgan fingerprint density at radius 2 is 2.10 bits per heavy atom. The molecule has 164 valence electrons. The second-order valence-corrected chi connectivity index (χ2v) is 11.1. The van der Waals surface area contributed by atoms with E-state index in [1.807, 2.05) is 0 Å². The standard InChI is InChI=1S/C17H23N5O5S3/c1-12-5-8-21(9-6-12)30(25,26)13-3-4-15(14(11-13)22(23)24)28-17-20-19-16(29-17)18-7-10-27-2/h3-4,11-12H,5-10H2,1-2H3,(H,18,19). The Hall–Kier alpha value is -1.80. The van der Waals surface area contributed by atoms with Gasteiger partial charge in [0.2, 0.25) is 15.2 Å². The van der Waals surface area contributed by atoms with Gasteiger partial charge in [-0.05, 0) is 42.7 Å². The van der Waals surface area contributed by atoms with Crippen molar-refractivity contribution in [1.82, 2.24) is 14.5 Å². The molecular formula is C17H23N5O5S3. The molecule has 1 aliphatic rings. The Balaban J connectivity index is 1.79. The van der Waals surface area contributed by atoms with Crippen molar-refractivity contribution in [3.8, 4) is 0 Å². The number of rotatable bonds is 9. The molecule has 1 fully saturated rings. The van der Waals surface area contributed by atoms with Crippen LogP contribution >= 0.6 is 23.1 Å². The van der Waals surface area contributed by atoms with E-state index in [1.54, 1.807) is 7.11 Å². The van der Waals surface area contributed by atoms with E-state index in [-0.39, 0.29) is 10.6 Å². The number of nitrogens with one attached hydrogen (secondary N) is 1. The fraction of sp³-hybridized carbons (Fsp3) is 0.529. The van der Waals surface area contributed by atoms with Crippen LogP contribution in [-0.4, -0.2) is 61.2 Å². The number of nitrogens with zero attached hydrogens (tertiary/aromatic N) is 4. The van der Waals surface area contributed by atoms with E-state index in [9.17, 15) is 18.5 Å². The zero-order chi connectivity index (χ0) is 21.7. The van der Waals surface area contributed by atoms with E-state index in [2.05, 4.69) is 22.4 Å². The molecule has 0 atom stereocenters. The Morgan fingerprint density at radius 1 is 1.37 bits per heavy atom. The van der Waals surface area contributed by atoms with Crippen LogP contribution in [0.15, 0.2) is 32.3 Å². The number of hydrogen-bond donors (Lipinski definition) is 1. The fourth-order valence-corrected chi connectivity index (χ4v) is 6.25. The number of ether oxygens (including phenoxy) is 1. The molecule has 0 saturated carbocycles. The van der Waals surface area contributed by atoms with Gasteiger partial charge in [-0.2, -0.15) is 4.31 Å². The minimum absolute atomic E-state index is 0.0627. The maximum absolute atomic E-state index is 12.9. The molecule has 2 heterocycles. The molecule has 1 aliphatic heterocycles. The first-order valence-corrected chi connectivity index (χ1v) is 12.4. The third-order valence-electron chi connectivity index (χ3n) is 4.69. The number of aromatic nitrogens is 2. The van der Waals surface area contributed by atoms with Crippen LogP contribution in [0.5, 0.6) is 0 Å². The van der Waals surface area contributed by atoms with Gasteiger partial charge in [0.1, 0.15) is 0 Å². The van der Waals surface area contributed by atoms with Gasteiger partial charge in [0.25, 0.3) is 5.69 Å². The van der Waals surface area contributed by atoms with E-state index in [4.69, 9.17) is 4.74 Å². The van der Waals surface area contributed by atoms with E-state index in [0.29, 0.717) is 46.5 Å². The first kappa shape index (κ1) is 22.9. The highest BCUT2D eigenvalue weighted by Crippen LogP contribution is 2.38. The first-order chi connectivity index (χ1) is 14.3. The third-order valence-corrected chi connectivity index (χ3v) is 8.59. The summed E-state index contributed by atoms with van der Waals surface area (Å²) in [7, 11) is -2.17. The molecule has 10 nitrogen and oxygen atoms in total. The number of methoxy groups -OCH3 is 1. The second-order valence-electron chi connectivity index (χ2n) is 6.87. The van der Waals surface area contributed by atoms with Gasteiger partial charge in [0.15, 0.2) is 4.34 Å². The van der Waals surface area contributed by atoms with Crippen LogP contribution in [0.2, 0.25) is 0 Å². The monoisotopic (exact) mass is 473 g/mol. The Kier molecular flexibility index (Phi) is 7.63. The highest BCUT2D eigenvalue weighted by Gasteiger charge is 2.30. The molecule has 3 rings (SSSR count). The summed E-state index contributed by atoms with van der Waals surface area (Å²) >= 11 is 2.34. The summed E-state index contributed by atoms with van der Waals surface area (Å²) in [6.45, 7) is 4.03. The molecule has 0 aliphatic carbocycles. The lowest BCUT2D eigenvalue weighted by atomic mass is 10.0. The van der Waals surface area contributed by atoms with Gasteiger partial charge in [-0.15, -0.1) is 10.2 Å². The van der Waals surface area contributed by atoms with Gasteiger partial charge in [-0.1, -0.05) is 18.3 Å². The maximum Gasteiger partial charge on any atom is 0.284 e. The average molecular weight is 474 g/mol. The average Bonchev–Trinajstić information content (AvgIpc) is 3.16. The van der Waals surface area contributed by atoms with Crippen LogP contribution in [0.25, 0.3) is 0 Å². The minimum atomic E-state index is -3.77. The van der Waals surface area contributed by atoms with Crippen molar-refractivity contribution in [2.75, 3.05) is 38.7 Å². The topological polar surface area (TPSA) is 128 Å². The lowest BCUT2D eigenvalue weighted by Crippen LogP contribution is -2.37. The van der Waals surface area contributed by atoms with E-state index >= 15 is 0 Å². The quantitative estimate of drug-likeness (QED) is 0.332. The van der Waals surface area contributed by atoms with E-state index < -0.39 is 14.9 Å². The van der Waals surface area contributed by atoms with Crippen molar-refractivity contribution in [2.24, 2.45) is 5.92 Å². The zero-order valence-electron chi connectivity index (χ0n) is 16.6. The SMILES string of the molecule is COCCNc1nnc(Sc2ccc(S(=O)(=O)N3CCC(C)CC3)cc2[N+](=O)[O-])s1. The summed E-state index contributed by atoms with van der Waals surface area (Å²) in [5.74, 6) is 0.477. The van der Waals surface area contributed by atoms with Gasteiger partial charge < -0.3 is 10.1 Å². The summed E-state index contributed by atoms with van der Waals surface area (Å²) in [5.41, 5.74) is -0.268. The highest BCUT2D eigenvalue weighted by molar-refractivity contribution is 8.01. The zero-order valence-corrected chi connectivity index (χ0v) is 19.1. The molecule has 30 heavy (non-hydrogen) atoms.